The van der Waals surface area contributed by atoms with Gasteiger partial charge in [0, 0.05) is 31.1 Å². The van der Waals surface area contributed by atoms with Gasteiger partial charge in [-0.25, -0.2) is 0 Å². The van der Waals surface area contributed by atoms with Crippen LogP contribution in [0.2, 0.25) is 0 Å². The lowest BCUT2D eigenvalue weighted by Crippen LogP contribution is -2.37. The van der Waals surface area contributed by atoms with Crippen LogP contribution in [0.3, 0.4) is 0 Å². The van der Waals surface area contributed by atoms with Crippen molar-refractivity contribution in [1.29, 1.82) is 0 Å². The maximum absolute atomic E-state index is 12.6. The van der Waals surface area contributed by atoms with Gasteiger partial charge in [-0.3, -0.25) is 9.59 Å². The first-order valence-corrected chi connectivity index (χ1v) is 17.1. The summed E-state index contributed by atoms with van der Waals surface area (Å²) in [5.41, 5.74) is 0.792. The van der Waals surface area contributed by atoms with Gasteiger partial charge in [0.15, 0.2) is 0 Å². The molecule has 0 aliphatic heterocycles. The van der Waals surface area contributed by atoms with Gasteiger partial charge in [0.25, 0.3) is 0 Å². The van der Waals surface area contributed by atoms with Gasteiger partial charge in [-0.1, -0.05) is 128 Å². The van der Waals surface area contributed by atoms with E-state index in [1.807, 2.05) is 30.3 Å². The van der Waals surface area contributed by atoms with E-state index in [1.54, 1.807) is 0 Å². The molecular formula is C35H63N3O3. The van der Waals surface area contributed by atoms with E-state index in [9.17, 15) is 14.7 Å². The largest absolute Gasteiger partial charge is 0.392 e. The van der Waals surface area contributed by atoms with Crippen LogP contribution < -0.4 is 16.0 Å². The Labute approximate surface area is 252 Å². The number of nitrogens with one attached hydrogen (secondary N) is 3. The molecule has 0 aromatic heterocycles. The highest BCUT2D eigenvalue weighted by molar-refractivity contribution is 5.91. The van der Waals surface area contributed by atoms with Crippen molar-refractivity contribution < 1.29 is 14.7 Å². The van der Waals surface area contributed by atoms with E-state index in [4.69, 9.17) is 0 Å². The average molecular weight is 574 g/mol. The molecule has 0 bridgehead atoms. The van der Waals surface area contributed by atoms with Crippen molar-refractivity contribution in [2.24, 2.45) is 0 Å². The van der Waals surface area contributed by atoms with E-state index in [-0.39, 0.29) is 24.0 Å². The fourth-order valence-electron chi connectivity index (χ4n) is 5.25. The van der Waals surface area contributed by atoms with Crippen LogP contribution in [-0.2, 0) is 9.59 Å². The second-order valence-corrected chi connectivity index (χ2v) is 11.9. The van der Waals surface area contributed by atoms with Crippen molar-refractivity contribution in [3.63, 3.8) is 0 Å². The number of carbonyl (C=O) groups is 2. The predicted octanol–water partition coefficient (Wildman–Crippen LogP) is 8.29. The molecule has 1 aromatic carbocycles. The highest BCUT2D eigenvalue weighted by Gasteiger charge is 2.16. The SMILES string of the molecule is CCCCCCCCNCC(O)CCCCCCCCCC(=O)NC(CCCCCC)CC(=O)Nc1ccccc1. The molecule has 2 unspecified atom stereocenters. The van der Waals surface area contributed by atoms with E-state index >= 15 is 0 Å². The van der Waals surface area contributed by atoms with Crippen LogP contribution in [0.5, 0.6) is 0 Å². The van der Waals surface area contributed by atoms with Gasteiger partial charge in [-0.15, -0.1) is 0 Å². The molecule has 0 saturated carbocycles. The molecule has 6 heteroatoms. The number of unbranched alkanes of at least 4 members (excludes halogenated alkanes) is 14. The van der Waals surface area contributed by atoms with Crippen LogP contribution in [0.15, 0.2) is 30.3 Å². The highest BCUT2D eigenvalue weighted by atomic mass is 16.3. The van der Waals surface area contributed by atoms with Gasteiger partial charge in [0.1, 0.15) is 0 Å². The van der Waals surface area contributed by atoms with Crippen LogP contribution >= 0.6 is 0 Å². The lowest BCUT2D eigenvalue weighted by Gasteiger charge is -2.19. The summed E-state index contributed by atoms with van der Waals surface area (Å²) in [6.07, 6.45) is 22.4. The number of para-hydroxylation sites is 1. The zero-order valence-corrected chi connectivity index (χ0v) is 26.6. The van der Waals surface area contributed by atoms with Crippen molar-refractivity contribution in [3.05, 3.63) is 30.3 Å². The second kappa shape index (κ2) is 26.9. The van der Waals surface area contributed by atoms with Crippen LogP contribution in [0.4, 0.5) is 5.69 Å². The summed E-state index contributed by atoms with van der Waals surface area (Å²) in [5, 5.41) is 19.7. The summed E-state index contributed by atoms with van der Waals surface area (Å²) in [6, 6.07) is 9.39. The van der Waals surface area contributed by atoms with E-state index in [0.29, 0.717) is 19.4 Å². The molecular weight excluding hydrogens is 510 g/mol. The minimum absolute atomic E-state index is 0.0473. The third-order valence-corrected chi connectivity index (χ3v) is 7.79. The standard InChI is InChI=1S/C35H63N3O3/c1-3-5-7-9-15-22-28-36-30-33(39)26-20-13-11-10-12-14-21-27-34(40)38-32(25-17-8-6-4-2)29-35(41)37-31-23-18-16-19-24-31/h16,18-19,23-24,32-33,36,39H,3-15,17,20-22,25-30H2,1-2H3,(H,37,41)(H,38,40). The maximum atomic E-state index is 12.6. The van der Waals surface area contributed by atoms with E-state index < -0.39 is 0 Å². The normalized spacial score (nSPS) is 12.7. The summed E-state index contributed by atoms with van der Waals surface area (Å²) in [4.78, 5) is 25.2. The Kier molecular flexibility index (Phi) is 24.4. The molecule has 0 radical (unpaired) electrons. The summed E-state index contributed by atoms with van der Waals surface area (Å²) < 4.78 is 0. The molecule has 0 aliphatic carbocycles. The summed E-state index contributed by atoms with van der Waals surface area (Å²) >= 11 is 0. The molecule has 236 valence electrons. The third-order valence-electron chi connectivity index (χ3n) is 7.79. The predicted molar refractivity (Wildman–Crippen MR) is 174 cm³/mol. The summed E-state index contributed by atoms with van der Waals surface area (Å²) in [7, 11) is 0. The Balaban J connectivity index is 2.08. The molecule has 2 atom stereocenters. The number of aliphatic hydroxyl groups is 1. The number of anilines is 1. The van der Waals surface area contributed by atoms with Gasteiger partial charge < -0.3 is 21.1 Å². The molecule has 4 N–H and O–H groups in total. The highest BCUT2D eigenvalue weighted by Crippen LogP contribution is 2.14. The van der Waals surface area contributed by atoms with Crippen LogP contribution in [0, 0.1) is 0 Å². The molecule has 0 heterocycles. The van der Waals surface area contributed by atoms with Crippen molar-refractivity contribution in [2.75, 3.05) is 18.4 Å². The van der Waals surface area contributed by atoms with Gasteiger partial charge in [-0.2, -0.15) is 0 Å². The monoisotopic (exact) mass is 573 g/mol. The molecule has 1 rings (SSSR count). The Morgan fingerprint density at radius 1 is 0.683 bits per heavy atom. The number of benzene rings is 1. The van der Waals surface area contributed by atoms with Gasteiger partial charge >= 0.3 is 0 Å². The molecule has 0 spiro atoms. The minimum atomic E-state index is -0.228. The third kappa shape index (κ3) is 23.3. The van der Waals surface area contributed by atoms with E-state index in [0.717, 1.165) is 63.6 Å². The topological polar surface area (TPSA) is 90.5 Å². The molecule has 1 aromatic rings. The Morgan fingerprint density at radius 2 is 1.24 bits per heavy atom. The molecule has 6 nitrogen and oxygen atoms in total. The smallest absolute Gasteiger partial charge is 0.226 e. The first-order chi connectivity index (χ1) is 20.0. The van der Waals surface area contributed by atoms with Crippen LogP contribution in [-0.4, -0.2) is 42.2 Å². The second-order valence-electron chi connectivity index (χ2n) is 11.9. The molecule has 0 saturated heterocycles. The van der Waals surface area contributed by atoms with Gasteiger partial charge in [0.05, 0.1) is 6.10 Å². The summed E-state index contributed by atoms with van der Waals surface area (Å²) in [5.74, 6) is 0.0195. The fraction of sp³-hybridized carbons (Fsp3) is 0.771. The number of hydrogen-bond acceptors (Lipinski definition) is 4. The van der Waals surface area contributed by atoms with Crippen LogP contribution in [0.1, 0.15) is 149 Å². The van der Waals surface area contributed by atoms with Crippen molar-refractivity contribution in [2.45, 2.75) is 161 Å². The fourth-order valence-corrected chi connectivity index (χ4v) is 5.25. The average Bonchev–Trinajstić information content (AvgIpc) is 2.96. The number of hydrogen-bond donors (Lipinski definition) is 4. The molecule has 0 fully saturated rings. The zero-order chi connectivity index (χ0) is 29.8. The number of carbonyl (C=O) groups excluding carboxylic acids is 2. The lowest BCUT2D eigenvalue weighted by atomic mass is 10.0. The first kappa shape index (κ1) is 37.1. The minimum Gasteiger partial charge on any atom is -0.392 e. The van der Waals surface area contributed by atoms with Crippen LogP contribution in [0.25, 0.3) is 0 Å². The van der Waals surface area contributed by atoms with Crippen molar-refractivity contribution in [3.8, 4) is 0 Å². The first-order valence-electron chi connectivity index (χ1n) is 17.1. The number of aliphatic hydroxyl groups excluding tert-OH is 1. The maximum Gasteiger partial charge on any atom is 0.226 e. The van der Waals surface area contributed by atoms with Gasteiger partial charge in [-0.05, 0) is 44.4 Å². The Bertz CT molecular complexity index is 743. The molecule has 41 heavy (non-hydrogen) atoms. The number of rotatable bonds is 28. The quantitative estimate of drug-likeness (QED) is 0.0759. The summed E-state index contributed by atoms with van der Waals surface area (Å²) in [6.45, 7) is 6.17. The molecule has 2 amide bonds. The molecule has 0 aliphatic rings. The van der Waals surface area contributed by atoms with Crippen molar-refractivity contribution >= 4 is 17.5 Å². The number of amides is 2. The van der Waals surface area contributed by atoms with Gasteiger partial charge in [0.2, 0.25) is 11.8 Å². The Morgan fingerprint density at radius 3 is 1.93 bits per heavy atom. The lowest BCUT2D eigenvalue weighted by molar-refractivity contribution is -0.122. The van der Waals surface area contributed by atoms with E-state index in [1.165, 1.54) is 70.6 Å². The van der Waals surface area contributed by atoms with E-state index in [2.05, 4.69) is 29.8 Å². The van der Waals surface area contributed by atoms with Crippen molar-refractivity contribution in [1.82, 2.24) is 10.6 Å². The Hall–Kier alpha value is -1.92. The zero-order valence-electron chi connectivity index (χ0n) is 26.6.